The number of nitrogens with one attached hydrogen (secondary N) is 1. The van der Waals surface area contributed by atoms with Gasteiger partial charge in [-0.05, 0) is 48.7 Å². The molecule has 1 heterocycles. The number of nitrogens with zero attached hydrogens (tertiary/aromatic N) is 1. The number of hydrogen-bond acceptors (Lipinski definition) is 5. The summed E-state index contributed by atoms with van der Waals surface area (Å²) in [6.45, 7) is -0.0143. The third-order valence-corrected chi connectivity index (χ3v) is 7.65. The van der Waals surface area contributed by atoms with Crippen LogP contribution in [0.15, 0.2) is 41.3 Å². The van der Waals surface area contributed by atoms with Gasteiger partial charge in [-0.3, -0.25) is 19.2 Å². The lowest BCUT2D eigenvalue weighted by Gasteiger charge is -2.19. The lowest BCUT2D eigenvalue weighted by molar-refractivity contribution is -0.140. The Morgan fingerprint density at radius 3 is 2.34 bits per heavy atom. The van der Waals surface area contributed by atoms with Crippen molar-refractivity contribution in [1.82, 2.24) is 4.90 Å². The van der Waals surface area contributed by atoms with Crippen LogP contribution < -0.4 is 9.46 Å². The van der Waals surface area contributed by atoms with Crippen LogP contribution in [0.2, 0.25) is 5.02 Å². The first kappa shape index (κ1) is 22.5. The molecule has 1 aliphatic heterocycles. The quantitative estimate of drug-likeness (QED) is 0.632. The summed E-state index contributed by atoms with van der Waals surface area (Å²) < 4.78 is 47.0. The Morgan fingerprint density at radius 1 is 1.09 bits per heavy atom. The lowest BCUT2D eigenvalue weighted by atomic mass is 9.81. The van der Waals surface area contributed by atoms with E-state index in [4.69, 9.17) is 16.3 Å². The molecule has 1 saturated carbocycles. The molecule has 1 aliphatic carbocycles. The van der Waals surface area contributed by atoms with Crippen molar-refractivity contribution < 1.29 is 27.1 Å². The molecule has 2 fully saturated rings. The highest BCUT2D eigenvalue weighted by Crippen LogP contribution is 2.39. The largest absolute Gasteiger partial charge is 0.495 e. The molecule has 0 bridgehead atoms. The number of fused-ring (bicyclic) bond motifs is 1. The molecule has 170 valence electrons. The molecule has 2 aromatic carbocycles. The molecule has 2 aromatic rings. The first-order valence-corrected chi connectivity index (χ1v) is 12.1. The number of sulfonamides is 1. The van der Waals surface area contributed by atoms with Gasteiger partial charge < -0.3 is 4.74 Å². The summed E-state index contributed by atoms with van der Waals surface area (Å²) >= 11 is 5.74. The highest BCUT2D eigenvalue weighted by Gasteiger charge is 2.47. The van der Waals surface area contributed by atoms with Crippen LogP contribution in [-0.4, -0.2) is 32.2 Å². The van der Waals surface area contributed by atoms with Crippen LogP contribution in [0.25, 0.3) is 0 Å². The number of halogens is 2. The zero-order valence-electron chi connectivity index (χ0n) is 17.3. The molecule has 32 heavy (non-hydrogen) atoms. The number of benzene rings is 2. The third kappa shape index (κ3) is 4.19. The number of likely N-dealkylation sites (tertiary alicyclic amines) is 1. The number of carbonyl (C=O) groups excluding carboxylic acids is 2. The summed E-state index contributed by atoms with van der Waals surface area (Å²) in [5, 5.41) is -0.224. The molecule has 0 radical (unpaired) electrons. The standard InChI is InChI=1S/C22H22ClFN2O5S/c1-31-19-9-6-13(12-26-21(27)15-4-2-3-5-16(15)22(26)28)10-20(19)32(29,30)25-14-7-8-18(24)17(23)11-14/h6-11,15-16,25H,2-5,12H2,1H3/t15-,16-/m1/s1. The van der Waals surface area contributed by atoms with Gasteiger partial charge >= 0.3 is 0 Å². The number of methoxy groups -OCH3 is 1. The normalized spacial score (nSPS) is 20.9. The smallest absolute Gasteiger partial charge is 0.265 e. The number of hydrogen-bond donors (Lipinski definition) is 1. The summed E-state index contributed by atoms with van der Waals surface area (Å²) in [5.41, 5.74) is 0.557. The molecule has 2 atom stereocenters. The van der Waals surface area contributed by atoms with Crippen molar-refractivity contribution in [3.63, 3.8) is 0 Å². The minimum atomic E-state index is -4.13. The van der Waals surface area contributed by atoms with Crippen molar-refractivity contribution in [3.05, 3.63) is 52.8 Å². The zero-order valence-corrected chi connectivity index (χ0v) is 18.9. The van der Waals surface area contributed by atoms with Crippen LogP contribution in [0.1, 0.15) is 31.2 Å². The van der Waals surface area contributed by atoms with Gasteiger partial charge in [0.1, 0.15) is 16.5 Å². The Bertz CT molecular complexity index is 1160. The highest BCUT2D eigenvalue weighted by atomic mass is 35.5. The summed E-state index contributed by atoms with van der Waals surface area (Å²) in [6.07, 6.45) is 3.27. The van der Waals surface area contributed by atoms with E-state index in [-0.39, 0.29) is 51.5 Å². The number of ether oxygens (including phenoxy) is 1. The van der Waals surface area contributed by atoms with Crippen LogP contribution in [0.5, 0.6) is 5.75 Å². The lowest BCUT2D eigenvalue weighted by Crippen LogP contribution is -2.30. The van der Waals surface area contributed by atoms with Crippen molar-refractivity contribution in [3.8, 4) is 5.75 Å². The van der Waals surface area contributed by atoms with Gasteiger partial charge in [-0.1, -0.05) is 30.5 Å². The molecule has 2 aliphatic rings. The van der Waals surface area contributed by atoms with E-state index in [1.807, 2.05) is 0 Å². The fourth-order valence-corrected chi connectivity index (χ4v) is 5.82. The van der Waals surface area contributed by atoms with E-state index in [1.165, 1.54) is 30.2 Å². The van der Waals surface area contributed by atoms with E-state index in [0.717, 1.165) is 25.0 Å². The van der Waals surface area contributed by atoms with Gasteiger partial charge in [-0.25, -0.2) is 12.8 Å². The van der Waals surface area contributed by atoms with Crippen LogP contribution in [-0.2, 0) is 26.2 Å². The van der Waals surface area contributed by atoms with Crippen LogP contribution in [0, 0.1) is 17.7 Å². The predicted molar refractivity (Wildman–Crippen MR) is 116 cm³/mol. The number of imide groups is 1. The average molecular weight is 481 g/mol. The van der Waals surface area contributed by atoms with E-state index in [1.54, 1.807) is 6.07 Å². The van der Waals surface area contributed by atoms with E-state index in [9.17, 15) is 22.4 Å². The van der Waals surface area contributed by atoms with Gasteiger partial charge in [0.25, 0.3) is 10.0 Å². The summed E-state index contributed by atoms with van der Waals surface area (Å²) in [5.74, 6) is -1.53. The van der Waals surface area contributed by atoms with Crippen molar-refractivity contribution in [2.45, 2.75) is 37.1 Å². The van der Waals surface area contributed by atoms with E-state index >= 15 is 0 Å². The fourth-order valence-electron chi connectivity index (χ4n) is 4.37. The molecule has 10 heteroatoms. The summed E-state index contributed by atoms with van der Waals surface area (Å²) in [7, 11) is -2.80. The van der Waals surface area contributed by atoms with Crippen molar-refractivity contribution in [2.24, 2.45) is 11.8 Å². The summed E-state index contributed by atoms with van der Waals surface area (Å²) in [4.78, 5) is 26.6. The second-order valence-electron chi connectivity index (χ2n) is 7.98. The molecule has 0 aromatic heterocycles. The molecular weight excluding hydrogens is 459 g/mol. The predicted octanol–water partition coefficient (Wildman–Crippen LogP) is 3.96. The Morgan fingerprint density at radius 2 is 1.75 bits per heavy atom. The number of carbonyl (C=O) groups is 2. The van der Waals surface area contributed by atoms with E-state index in [0.29, 0.717) is 18.4 Å². The molecular formula is C22H22ClFN2O5S. The Hall–Kier alpha value is -2.65. The topological polar surface area (TPSA) is 92.8 Å². The minimum Gasteiger partial charge on any atom is -0.495 e. The van der Waals surface area contributed by atoms with E-state index < -0.39 is 15.8 Å². The zero-order chi connectivity index (χ0) is 23.0. The van der Waals surface area contributed by atoms with Crippen molar-refractivity contribution >= 4 is 39.1 Å². The van der Waals surface area contributed by atoms with Gasteiger partial charge in [-0.2, -0.15) is 0 Å². The van der Waals surface area contributed by atoms with Gasteiger partial charge in [0, 0.05) is 0 Å². The van der Waals surface area contributed by atoms with Crippen LogP contribution >= 0.6 is 11.6 Å². The third-order valence-electron chi connectivity index (χ3n) is 5.96. The number of amides is 2. The number of rotatable bonds is 6. The Kier molecular flexibility index (Phi) is 6.13. The van der Waals surface area contributed by atoms with Crippen LogP contribution in [0.3, 0.4) is 0 Å². The first-order valence-electron chi connectivity index (χ1n) is 10.2. The van der Waals surface area contributed by atoms with Crippen molar-refractivity contribution in [1.29, 1.82) is 0 Å². The molecule has 1 saturated heterocycles. The fraction of sp³-hybridized carbons (Fsp3) is 0.364. The van der Waals surface area contributed by atoms with Crippen LogP contribution in [0.4, 0.5) is 10.1 Å². The average Bonchev–Trinajstić information content (AvgIpc) is 3.01. The Balaban J connectivity index is 1.62. The van der Waals surface area contributed by atoms with Crippen molar-refractivity contribution in [2.75, 3.05) is 11.8 Å². The van der Waals surface area contributed by atoms with Gasteiger partial charge in [0.2, 0.25) is 11.8 Å². The Labute approximate surface area is 190 Å². The molecule has 1 N–H and O–H groups in total. The SMILES string of the molecule is COc1ccc(CN2C(=O)[C@@H]3CCCC[C@H]3C2=O)cc1S(=O)(=O)Nc1ccc(F)c(Cl)c1. The molecule has 7 nitrogen and oxygen atoms in total. The maximum absolute atomic E-state index is 13.4. The minimum absolute atomic E-state index is 0.0143. The van der Waals surface area contributed by atoms with Gasteiger partial charge in [-0.15, -0.1) is 0 Å². The second kappa shape index (κ2) is 8.71. The summed E-state index contributed by atoms with van der Waals surface area (Å²) in [6, 6.07) is 7.92. The first-order chi connectivity index (χ1) is 15.2. The second-order valence-corrected chi connectivity index (χ2v) is 10.0. The maximum atomic E-state index is 13.4. The molecule has 4 rings (SSSR count). The van der Waals surface area contributed by atoms with E-state index in [2.05, 4.69) is 4.72 Å². The molecule has 0 unspecified atom stereocenters. The monoisotopic (exact) mass is 480 g/mol. The van der Waals surface area contributed by atoms with Gasteiger partial charge in [0.05, 0.1) is 36.2 Å². The van der Waals surface area contributed by atoms with Gasteiger partial charge in [0.15, 0.2) is 0 Å². The highest BCUT2D eigenvalue weighted by molar-refractivity contribution is 7.92. The maximum Gasteiger partial charge on any atom is 0.265 e. The molecule has 2 amide bonds. The molecule has 0 spiro atoms. The number of anilines is 1.